The number of carbonyl (C=O) groups is 1. The Kier molecular flexibility index (Phi) is 4.58. The summed E-state index contributed by atoms with van der Waals surface area (Å²) in [6.07, 6.45) is -3.32. The normalized spacial score (nSPS) is 18.1. The molecule has 0 aromatic heterocycles. The molecule has 0 fully saturated rings. The quantitative estimate of drug-likeness (QED) is 0.764. The summed E-state index contributed by atoms with van der Waals surface area (Å²) in [7, 11) is 0. The number of nitrogens with one attached hydrogen (secondary N) is 1. The van der Waals surface area contributed by atoms with Crippen LogP contribution in [0.15, 0.2) is 0 Å². The molecule has 2 unspecified atom stereocenters. The topological polar surface area (TPSA) is 55.1 Å². The smallest absolute Gasteiger partial charge is 0.352 e. The SMILES string of the molecule is CCCC(C)NC(=O)C(C)(N)C(F)(F)F. The van der Waals surface area contributed by atoms with E-state index in [-0.39, 0.29) is 6.04 Å². The van der Waals surface area contributed by atoms with Crippen LogP contribution < -0.4 is 11.1 Å². The van der Waals surface area contributed by atoms with Crippen molar-refractivity contribution in [2.24, 2.45) is 5.73 Å². The van der Waals surface area contributed by atoms with E-state index in [1.165, 1.54) is 0 Å². The third kappa shape index (κ3) is 3.70. The van der Waals surface area contributed by atoms with Gasteiger partial charge in [-0.3, -0.25) is 4.79 Å². The molecule has 0 spiro atoms. The van der Waals surface area contributed by atoms with Crippen molar-refractivity contribution < 1.29 is 18.0 Å². The van der Waals surface area contributed by atoms with Crippen LogP contribution in [0.4, 0.5) is 13.2 Å². The first-order chi connectivity index (χ1) is 6.63. The summed E-state index contributed by atoms with van der Waals surface area (Å²) in [6.45, 7) is 4.20. The van der Waals surface area contributed by atoms with E-state index in [1.807, 2.05) is 6.92 Å². The van der Waals surface area contributed by atoms with E-state index in [0.717, 1.165) is 6.42 Å². The molecule has 0 aliphatic carbocycles. The van der Waals surface area contributed by atoms with Crippen LogP contribution in [0.1, 0.15) is 33.6 Å². The van der Waals surface area contributed by atoms with Gasteiger partial charge >= 0.3 is 6.18 Å². The number of hydrogen-bond donors (Lipinski definition) is 2. The van der Waals surface area contributed by atoms with Gasteiger partial charge < -0.3 is 11.1 Å². The van der Waals surface area contributed by atoms with Crippen LogP contribution in [0.2, 0.25) is 0 Å². The fraction of sp³-hybridized carbons (Fsp3) is 0.889. The first-order valence-electron chi connectivity index (χ1n) is 4.79. The molecule has 0 radical (unpaired) electrons. The average Bonchev–Trinajstić information content (AvgIpc) is 2.02. The van der Waals surface area contributed by atoms with Gasteiger partial charge in [0.25, 0.3) is 0 Å². The van der Waals surface area contributed by atoms with Crippen LogP contribution >= 0.6 is 0 Å². The van der Waals surface area contributed by atoms with Gasteiger partial charge in [0.1, 0.15) is 0 Å². The Balaban J connectivity index is 4.45. The van der Waals surface area contributed by atoms with E-state index in [1.54, 1.807) is 6.92 Å². The van der Waals surface area contributed by atoms with Crippen molar-refractivity contribution in [1.29, 1.82) is 0 Å². The van der Waals surface area contributed by atoms with Gasteiger partial charge in [-0.25, -0.2) is 0 Å². The lowest BCUT2D eigenvalue weighted by atomic mass is 10.0. The molecule has 6 heteroatoms. The van der Waals surface area contributed by atoms with Gasteiger partial charge in [-0.2, -0.15) is 13.2 Å². The number of hydrogen-bond acceptors (Lipinski definition) is 2. The molecule has 0 bridgehead atoms. The van der Waals surface area contributed by atoms with Crippen molar-refractivity contribution in [3.63, 3.8) is 0 Å². The van der Waals surface area contributed by atoms with Gasteiger partial charge in [-0.15, -0.1) is 0 Å². The van der Waals surface area contributed by atoms with Crippen LogP contribution in [-0.4, -0.2) is 23.7 Å². The molecule has 2 atom stereocenters. The molecule has 0 aliphatic heterocycles. The van der Waals surface area contributed by atoms with Gasteiger partial charge in [0.05, 0.1) is 0 Å². The van der Waals surface area contributed by atoms with Crippen molar-refractivity contribution >= 4 is 5.91 Å². The van der Waals surface area contributed by atoms with Crippen molar-refractivity contribution in [3.8, 4) is 0 Å². The maximum atomic E-state index is 12.3. The molecule has 0 saturated heterocycles. The maximum Gasteiger partial charge on any atom is 0.415 e. The molecule has 15 heavy (non-hydrogen) atoms. The standard InChI is InChI=1S/C9H17F3N2O/c1-4-5-6(2)14-7(15)8(3,13)9(10,11)12/h6H,4-5,13H2,1-3H3,(H,14,15). The minimum absolute atomic E-state index is 0.298. The first kappa shape index (κ1) is 14.2. The van der Waals surface area contributed by atoms with Crippen LogP contribution in [0.5, 0.6) is 0 Å². The largest absolute Gasteiger partial charge is 0.415 e. The number of carbonyl (C=O) groups excluding carboxylic acids is 1. The summed E-state index contributed by atoms with van der Waals surface area (Å²) in [6, 6.07) is -0.298. The molecular formula is C9H17F3N2O. The second-order valence-electron chi connectivity index (χ2n) is 3.86. The van der Waals surface area contributed by atoms with Gasteiger partial charge in [-0.1, -0.05) is 13.3 Å². The lowest BCUT2D eigenvalue weighted by Gasteiger charge is -2.27. The summed E-state index contributed by atoms with van der Waals surface area (Å²) >= 11 is 0. The van der Waals surface area contributed by atoms with E-state index < -0.39 is 17.6 Å². The molecule has 3 N–H and O–H groups in total. The zero-order valence-corrected chi connectivity index (χ0v) is 9.11. The maximum absolute atomic E-state index is 12.3. The number of nitrogens with two attached hydrogens (primary N) is 1. The predicted molar refractivity (Wildman–Crippen MR) is 51.2 cm³/mol. The highest BCUT2D eigenvalue weighted by atomic mass is 19.4. The Morgan fingerprint density at radius 3 is 2.27 bits per heavy atom. The zero-order valence-electron chi connectivity index (χ0n) is 9.11. The van der Waals surface area contributed by atoms with E-state index >= 15 is 0 Å². The Morgan fingerprint density at radius 2 is 1.93 bits per heavy atom. The summed E-state index contributed by atoms with van der Waals surface area (Å²) < 4.78 is 37.0. The minimum atomic E-state index is -4.73. The Labute approximate surface area is 87.2 Å². The highest BCUT2D eigenvalue weighted by molar-refractivity contribution is 5.86. The van der Waals surface area contributed by atoms with Crippen molar-refractivity contribution in [1.82, 2.24) is 5.32 Å². The van der Waals surface area contributed by atoms with Crippen LogP contribution in [-0.2, 0) is 4.79 Å². The molecule has 3 nitrogen and oxygen atoms in total. The molecule has 0 rings (SSSR count). The number of halogens is 3. The van der Waals surface area contributed by atoms with Gasteiger partial charge in [0, 0.05) is 6.04 Å². The molecule has 1 amide bonds. The minimum Gasteiger partial charge on any atom is -0.352 e. The van der Waals surface area contributed by atoms with Crippen molar-refractivity contribution in [3.05, 3.63) is 0 Å². The molecule has 0 saturated carbocycles. The van der Waals surface area contributed by atoms with Crippen LogP contribution in [0, 0.1) is 0 Å². The Bertz CT molecular complexity index is 226. The van der Waals surface area contributed by atoms with Gasteiger partial charge in [0.15, 0.2) is 5.54 Å². The van der Waals surface area contributed by atoms with E-state index in [9.17, 15) is 18.0 Å². The Morgan fingerprint density at radius 1 is 1.47 bits per heavy atom. The molecule has 90 valence electrons. The first-order valence-corrected chi connectivity index (χ1v) is 4.79. The summed E-state index contributed by atoms with van der Waals surface area (Å²) in [5.41, 5.74) is 2.12. The number of rotatable bonds is 4. The number of alkyl halides is 3. The third-order valence-electron chi connectivity index (χ3n) is 2.16. The lowest BCUT2D eigenvalue weighted by Crippen LogP contribution is -2.62. The van der Waals surface area contributed by atoms with Crippen molar-refractivity contribution in [2.75, 3.05) is 0 Å². The van der Waals surface area contributed by atoms with Crippen LogP contribution in [0.3, 0.4) is 0 Å². The average molecular weight is 226 g/mol. The second kappa shape index (κ2) is 4.83. The fourth-order valence-corrected chi connectivity index (χ4v) is 1.01. The molecule has 0 aromatic rings. The van der Waals surface area contributed by atoms with Gasteiger partial charge in [-0.05, 0) is 20.3 Å². The monoisotopic (exact) mass is 226 g/mol. The molecule has 0 heterocycles. The second-order valence-corrected chi connectivity index (χ2v) is 3.86. The lowest BCUT2D eigenvalue weighted by molar-refractivity contribution is -0.187. The highest BCUT2D eigenvalue weighted by Crippen LogP contribution is 2.28. The highest BCUT2D eigenvalue weighted by Gasteiger charge is 2.54. The fourth-order valence-electron chi connectivity index (χ4n) is 1.01. The molecular weight excluding hydrogens is 209 g/mol. The van der Waals surface area contributed by atoms with E-state index in [2.05, 4.69) is 5.32 Å². The summed E-state index contributed by atoms with van der Waals surface area (Å²) in [4.78, 5) is 11.2. The summed E-state index contributed by atoms with van der Waals surface area (Å²) in [5, 5.41) is 2.24. The Hall–Kier alpha value is -0.780. The zero-order chi connectivity index (χ0) is 12.3. The van der Waals surface area contributed by atoms with Crippen molar-refractivity contribution in [2.45, 2.75) is 51.4 Å². The van der Waals surface area contributed by atoms with Gasteiger partial charge in [0.2, 0.25) is 5.91 Å². The summed E-state index contributed by atoms with van der Waals surface area (Å²) in [5.74, 6) is -1.18. The number of amides is 1. The molecule has 0 aliphatic rings. The third-order valence-corrected chi connectivity index (χ3v) is 2.16. The molecule has 0 aromatic carbocycles. The van der Waals surface area contributed by atoms with E-state index in [4.69, 9.17) is 5.73 Å². The van der Waals surface area contributed by atoms with E-state index in [0.29, 0.717) is 13.3 Å². The predicted octanol–water partition coefficient (Wildman–Crippen LogP) is 1.57. The van der Waals surface area contributed by atoms with Crippen LogP contribution in [0.25, 0.3) is 0 Å².